The molecule has 0 aromatic heterocycles. The van der Waals surface area contributed by atoms with Gasteiger partial charge < -0.3 is 32.3 Å². The van der Waals surface area contributed by atoms with Gasteiger partial charge in [0.05, 0.1) is 12.5 Å². The van der Waals surface area contributed by atoms with Crippen molar-refractivity contribution in [3.05, 3.63) is 0 Å². The van der Waals surface area contributed by atoms with Gasteiger partial charge in [-0.2, -0.15) is 12.6 Å². The normalized spacial score (nSPS) is 14.3. The minimum absolute atomic E-state index is 0.187. The molecule has 0 rings (SSSR count). The largest absolute Gasteiger partial charge is 0.481 e. The van der Waals surface area contributed by atoms with Crippen molar-refractivity contribution in [3.8, 4) is 0 Å². The van der Waals surface area contributed by atoms with Crippen molar-refractivity contribution in [1.82, 2.24) is 10.6 Å². The molecule has 0 aliphatic carbocycles. The number of unbranched alkanes of at least 4 members (excludes halogenated alkanes) is 1. The molecule has 8 N–H and O–H groups in total. The third-order valence-corrected chi connectivity index (χ3v) is 3.48. The van der Waals surface area contributed by atoms with E-state index in [4.69, 9.17) is 21.7 Å². The van der Waals surface area contributed by atoms with Gasteiger partial charge in [-0.15, -0.1) is 0 Å². The van der Waals surface area contributed by atoms with Crippen LogP contribution in [0.2, 0.25) is 0 Å². The lowest BCUT2D eigenvalue weighted by Gasteiger charge is -2.21. The second kappa shape index (κ2) is 11.6. The number of amides is 2. The first-order valence-electron chi connectivity index (χ1n) is 7.34. The number of thiol groups is 1. The van der Waals surface area contributed by atoms with E-state index in [9.17, 15) is 19.2 Å². The summed E-state index contributed by atoms with van der Waals surface area (Å²) in [6, 6.07) is -3.65. The van der Waals surface area contributed by atoms with Crippen LogP contribution in [-0.2, 0) is 19.2 Å². The second-order valence-electron chi connectivity index (χ2n) is 5.13. The van der Waals surface area contributed by atoms with Crippen molar-refractivity contribution < 1.29 is 29.4 Å². The Morgan fingerprint density at radius 3 is 2.04 bits per heavy atom. The summed E-state index contributed by atoms with van der Waals surface area (Å²) in [7, 11) is 0. The molecule has 24 heavy (non-hydrogen) atoms. The number of aliphatic carboxylic acids is 2. The average Bonchev–Trinajstić information content (AvgIpc) is 2.50. The number of hydrogen-bond acceptors (Lipinski definition) is 7. The van der Waals surface area contributed by atoms with E-state index in [2.05, 4.69) is 23.3 Å². The summed E-state index contributed by atoms with van der Waals surface area (Å²) >= 11 is 3.79. The lowest BCUT2D eigenvalue weighted by atomic mass is 10.1. The zero-order valence-electron chi connectivity index (χ0n) is 13.1. The van der Waals surface area contributed by atoms with E-state index in [1.54, 1.807) is 0 Å². The molecule has 11 heteroatoms. The standard InChI is InChI=1S/C13H24N4O6S/c14-4-2-1-3-7(15)11(20)16-8(5-10(18)19)12(21)17-9(6-24)13(22)23/h7-9,24H,1-6,14-15H2,(H,16,20)(H,17,21)(H,18,19)(H,22,23). The van der Waals surface area contributed by atoms with Crippen molar-refractivity contribution >= 4 is 36.4 Å². The third kappa shape index (κ3) is 8.70. The van der Waals surface area contributed by atoms with Crippen LogP contribution in [0.25, 0.3) is 0 Å². The number of carbonyl (C=O) groups excluding carboxylic acids is 2. The van der Waals surface area contributed by atoms with Crippen LogP contribution in [0, 0.1) is 0 Å². The highest BCUT2D eigenvalue weighted by Crippen LogP contribution is 2.01. The molecule has 138 valence electrons. The van der Waals surface area contributed by atoms with Gasteiger partial charge in [0.1, 0.15) is 12.1 Å². The van der Waals surface area contributed by atoms with E-state index in [0.717, 1.165) is 0 Å². The van der Waals surface area contributed by atoms with Crippen LogP contribution in [-0.4, -0.2) is 64.4 Å². The average molecular weight is 364 g/mol. The number of carboxylic acids is 2. The molecular formula is C13H24N4O6S. The van der Waals surface area contributed by atoms with Crippen LogP contribution >= 0.6 is 12.6 Å². The highest BCUT2D eigenvalue weighted by Gasteiger charge is 2.28. The molecule has 0 fully saturated rings. The van der Waals surface area contributed by atoms with E-state index < -0.39 is 48.3 Å². The van der Waals surface area contributed by atoms with Crippen molar-refractivity contribution in [3.63, 3.8) is 0 Å². The quantitative estimate of drug-likeness (QED) is 0.152. The Kier molecular flexibility index (Phi) is 10.8. The Labute approximate surface area is 144 Å². The number of nitrogens with two attached hydrogens (primary N) is 2. The minimum atomic E-state index is -1.43. The highest BCUT2D eigenvalue weighted by atomic mass is 32.1. The molecule has 0 aromatic rings. The molecule has 0 spiro atoms. The van der Waals surface area contributed by atoms with Gasteiger partial charge in [0.25, 0.3) is 0 Å². The second-order valence-corrected chi connectivity index (χ2v) is 5.50. The van der Waals surface area contributed by atoms with Crippen LogP contribution in [0.3, 0.4) is 0 Å². The van der Waals surface area contributed by atoms with E-state index in [0.29, 0.717) is 25.8 Å². The lowest BCUT2D eigenvalue weighted by molar-refractivity contribution is -0.143. The number of carbonyl (C=O) groups is 4. The maximum Gasteiger partial charge on any atom is 0.327 e. The first-order chi connectivity index (χ1) is 11.2. The molecule has 3 unspecified atom stereocenters. The molecule has 0 saturated heterocycles. The monoisotopic (exact) mass is 364 g/mol. The Hall–Kier alpha value is -1.85. The zero-order valence-corrected chi connectivity index (χ0v) is 14.0. The topological polar surface area (TPSA) is 185 Å². The molecule has 0 bridgehead atoms. The molecule has 10 nitrogen and oxygen atoms in total. The Morgan fingerprint density at radius 2 is 1.58 bits per heavy atom. The molecule has 0 aromatic carbocycles. The molecule has 0 aliphatic heterocycles. The number of nitrogens with one attached hydrogen (secondary N) is 2. The van der Waals surface area contributed by atoms with E-state index >= 15 is 0 Å². The van der Waals surface area contributed by atoms with Gasteiger partial charge >= 0.3 is 11.9 Å². The van der Waals surface area contributed by atoms with Gasteiger partial charge in [0.15, 0.2) is 0 Å². The third-order valence-electron chi connectivity index (χ3n) is 3.11. The predicted octanol–water partition coefficient (Wildman–Crippen LogP) is -2.10. The Morgan fingerprint density at radius 1 is 1.00 bits per heavy atom. The summed E-state index contributed by atoms with van der Waals surface area (Å²) in [6.45, 7) is 0.457. The van der Waals surface area contributed by atoms with Gasteiger partial charge in [0, 0.05) is 5.75 Å². The maximum atomic E-state index is 12.0. The van der Waals surface area contributed by atoms with Gasteiger partial charge in [-0.1, -0.05) is 6.42 Å². The van der Waals surface area contributed by atoms with Crippen molar-refractivity contribution in [2.45, 2.75) is 43.8 Å². The fourth-order valence-electron chi connectivity index (χ4n) is 1.76. The fourth-order valence-corrected chi connectivity index (χ4v) is 2.01. The Bertz CT molecular complexity index is 462. The number of carboxylic acid groups (broad SMARTS) is 2. The smallest absolute Gasteiger partial charge is 0.327 e. The van der Waals surface area contributed by atoms with Crippen LogP contribution in [0.1, 0.15) is 25.7 Å². The van der Waals surface area contributed by atoms with Crippen molar-refractivity contribution in [2.75, 3.05) is 12.3 Å². The lowest BCUT2D eigenvalue weighted by Crippen LogP contribution is -2.55. The van der Waals surface area contributed by atoms with Crippen LogP contribution in [0.15, 0.2) is 0 Å². The molecular weight excluding hydrogens is 340 g/mol. The molecule has 0 saturated carbocycles. The van der Waals surface area contributed by atoms with Crippen LogP contribution < -0.4 is 22.1 Å². The maximum absolute atomic E-state index is 12.0. The number of rotatable bonds is 12. The van der Waals surface area contributed by atoms with Gasteiger partial charge in [-0.3, -0.25) is 14.4 Å². The molecule has 3 atom stereocenters. The van der Waals surface area contributed by atoms with Crippen LogP contribution in [0.4, 0.5) is 0 Å². The van der Waals surface area contributed by atoms with E-state index in [1.165, 1.54) is 0 Å². The van der Waals surface area contributed by atoms with Gasteiger partial charge in [0.2, 0.25) is 11.8 Å². The van der Waals surface area contributed by atoms with Crippen molar-refractivity contribution in [1.29, 1.82) is 0 Å². The summed E-state index contributed by atoms with van der Waals surface area (Å²) in [6.07, 6.45) is 0.925. The molecule has 2 amide bonds. The summed E-state index contributed by atoms with van der Waals surface area (Å²) in [5.74, 6) is -4.46. The summed E-state index contributed by atoms with van der Waals surface area (Å²) in [4.78, 5) is 45.7. The van der Waals surface area contributed by atoms with Gasteiger partial charge in [-0.25, -0.2) is 4.79 Å². The fraction of sp³-hybridized carbons (Fsp3) is 0.692. The van der Waals surface area contributed by atoms with Gasteiger partial charge in [-0.05, 0) is 19.4 Å². The van der Waals surface area contributed by atoms with E-state index in [-0.39, 0.29) is 5.75 Å². The highest BCUT2D eigenvalue weighted by molar-refractivity contribution is 7.80. The summed E-state index contributed by atoms with van der Waals surface area (Å²) in [5, 5.41) is 22.1. The molecule has 0 heterocycles. The summed E-state index contributed by atoms with van der Waals surface area (Å²) in [5.41, 5.74) is 11.0. The Balaban J connectivity index is 4.81. The van der Waals surface area contributed by atoms with Crippen molar-refractivity contribution in [2.24, 2.45) is 11.5 Å². The predicted molar refractivity (Wildman–Crippen MR) is 88.5 cm³/mol. The first kappa shape index (κ1) is 22.1. The van der Waals surface area contributed by atoms with Crippen LogP contribution in [0.5, 0.6) is 0 Å². The first-order valence-corrected chi connectivity index (χ1v) is 7.98. The zero-order chi connectivity index (χ0) is 18.7. The molecule has 0 radical (unpaired) electrons. The summed E-state index contributed by atoms with van der Waals surface area (Å²) < 4.78 is 0. The minimum Gasteiger partial charge on any atom is -0.481 e. The number of hydrogen-bond donors (Lipinski definition) is 7. The molecule has 0 aliphatic rings. The SMILES string of the molecule is NCCCCC(N)C(=O)NC(CC(=O)O)C(=O)NC(CS)C(=O)O. The van der Waals surface area contributed by atoms with E-state index in [1.807, 2.05) is 0 Å².